The molecule has 4 heteroatoms. The third-order valence-corrected chi connectivity index (χ3v) is 1.37. The van der Waals surface area contributed by atoms with Crippen molar-refractivity contribution in [3.05, 3.63) is 22.3 Å². The SMILES string of the molecule is C[n+]1ccnc(I)c1.[I-]. The summed E-state index contributed by atoms with van der Waals surface area (Å²) in [4.78, 5) is 4.01. The minimum Gasteiger partial charge on any atom is -1.00 e. The van der Waals surface area contributed by atoms with Crippen molar-refractivity contribution in [3.8, 4) is 0 Å². The van der Waals surface area contributed by atoms with Crippen LogP contribution in [0.2, 0.25) is 0 Å². The molecular weight excluding hydrogens is 342 g/mol. The fourth-order valence-electron chi connectivity index (χ4n) is 0.454. The fourth-order valence-corrected chi connectivity index (χ4v) is 1.05. The van der Waals surface area contributed by atoms with Crippen molar-refractivity contribution in [2.75, 3.05) is 0 Å². The standard InChI is InChI=1S/C5H6IN2.HI/c1-8-3-2-7-5(6)4-8;/h2-4H,1H3;1H/q+1;/p-1. The van der Waals surface area contributed by atoms with Gasteiger partial charge in [0, 0.05) is 0 Å². The first-order valence-corrected chi connectivity index (χ1v) is 3.34. The smallest absolute Gasteiger partial charge is 0.200 e. The van der Waals surface area contributed by atoms with E-state index < -0.39 is 0 Å². The van der Waals surface area contributed by atoms with Crippen LogP contribution in [0.15, 0.2) is 18.6 Å². The van der Waals surface area contributed by atoms with Gasteiger partial charge in [-0.15, -0.1) is 0 Å². The van der Waals surface area contributed by atoms with E-state index in [0.717, 1.165) is 3.70 Å². The van der Waals surface area contributed by atoms with Crippen molar-refractivity contribution in [3.63, 3.8) is 0 Å². The lowest BCUT2D eigenvalue weighted by Gasteiger charge is -1.83. The van der Waals surface area contributed by atoms with Gasteiger partial charge in [0.15, 0.2) is 9.90 Å². The summed E-state index contributed by atoms with van der Waals surface area (Å²) in [6.45, 7) is 0. The van der Waals surface area contributed by atoms with E-state index in [9.17, 15) is 0 Å². The summed E-state index contributed by atoms with van der Waals surface area (Å²) >= 11 is 2.17. The zero-order chi connectivity index (χ0) is 5.98. The van der Waals surface area contributed by atoms with E-state index in [1.54, 1.807) is 6.20 Å². The molecule has 0 saturated heterocycles. The minimum atomic E-state index is 0. The summed E-state index contributed by atoms with van der Waals surface area (Å²) in [6, 6.07) is 0. The third-order valence-electron chi connectivity index (χ3n) is 0.810. The first kappa shape index (κ1) is 9.54. The molecule has 0 aliphatic heterocycles. The van der Waals surface area contributed by atoms with Gasteiger partial charge >= 0.3 is 0 Å². The topological polar surface area (TPSA) is 16.8 Å². The van der Waals surface area contributed by atoms with Gasteiger partial charge in [-0.2, -0.15) is 0 Å². The summed E-state index contributed by atoms with van der Waals surface area (Å²) in [5.41, 5.74) is 0. The molecule has 1 rings (SSSR count). The van der Waals surface area contributed by atoms with E-state index in [1.807, 2.05) is 24.0 Å². The molecule has 50 valence electrons. The Morgan fingerprint density at radius 2 is 2.33 bits per heavy atom. The highest BCUT2D eigenvalue weighted by Crippen LogP contribution is 1.90. The second kappa shape index (κ2) is 4.37. The average Bonchev–Trinajstić information content (AvgIpc) is 1.64. The molecule has 9 heavy (non-hydrogen) atoms. The summed E-state index contributed by atoms with van der Waals surface area (Å²) in [5, 5.41) is 0. The van der Waals surface area contributed by atoms with E-state index >= 15 is 0 Å². The van der Waals surface area contributed by atoms with Gasteiger partial charge in [-0.05, 0) is 22.6 Å². The van der Waals surface area contributed by atoms with Gasteiger partial charge in [0.05, 0.1) is 6.20 Å². The van der Waals surface area contributed by atoms with Crippen molar-refractivity contribution in [1.29, 1.82) is 0 Å². The molecule has 1 aromatic rings. The van der Waals surface area contributed by atoms with E-state index in [1.165, 1.54) is 0 Å². The number of aryl methyl sites for hydroxylation is 1. The van der Waals surface area contributed by atoms with E-state index in [-0.39, 0.29) is 24.0 Å². The van der Waals surface area contributed by atoms with Crippen molar-refractivity contribution >= 4 is 22.6 Å². The monoisotopic (exact) mass is 348 g/mol. The molecule has 0 aromatic carbocycles. The van der Waals surface area contributed by atoms with Crippen molar-refractivity contribution in [2.24, 2.45) is 7.05 Å². The number of aromatic nitrogens is 2. The zero-order valence-corrected chi connectivity index (χ0v) is 9.20. The van der Waals surface area contributed by atoms with Gasteiger partial charge in [0.1, 0.15) is 7.05 Å². The van der Waals surface area contributed by atoms with Crippen LogP contribution in [0, 0.1) is 3.70 Å². The first-order valence-electron chi connectivity index (χ1n) is 2.26. The van der Waals surface area contributed by atoms with Gasteiger partial charge in [-0.3, -0.25) is 0 Å². The Morgan fingerprint density at radius 1 is 1.67 bits per heavy atom. The predicted octanol–water partition coefficient (Wildman–Crippen LogP) is -2.49. The maximum Gasteiger partial charge on any atom is 0.200 e. The highest BCUT2D eigenvalue weighted by molar-refractivity contribution is 14.1. The molecule has 0 atom stereocenters. The number of hydrogen-bond acceptors (Lipinski definition) is 1. The van der Waals surface area contributed by atoms with Crippen LogP contribution in [0.25, 0.3) is 0 Å². The highest BCUT2D eigenvalue weighted by atomic mass is 127. The van der Waals surface area contributed by atoms with E-state index in [0.29, 0.717) is 0 Å². The Labute approximate surface area is 84.9 Å². The summed E-state index contributed by atoms with van der Waals surface area (Å²) in [7, 11) is 1.98. The van der Waals surface area contributed by atoms with Gasteiger partial charge < -0.3 is 24.0 Å². The van der Waals surface area contributed by atoms with Crippen LogP contribution in [0.5, 0.6) is 0 Å². The third kappa shape index (κ3) is 3.29. The number of hydrogen-bond donors (Lipinski definition) is 0. The van der Waals surface area contributed by atoms with Gasteiger partial charge in [-0.1, -0.05) is 0 Å². The Morgan fingerprint density at radius 3 is 2.67 bits per heavy atom. The normalized spacial score (nSPS) is 8.22. The molecule has 1 heterocycles. The van der Waals surface area contributed by atoms with Crippen LogP contribution >= 0.6 is 22.6 Å². The largest absolute Gasteiger partial charge is 1.00 e. The molecule has 0 saturated carbocycles. The second-order valence-corrected chi connectivity index (χ2v) is 2.65. The van der Waals surface area contributed by atoms with Crippen molar-refractivity contribution in [2.45, 2.75) is 0 Å². The van der Waals surface area contributed by atoms with Crippen LogP contribution in [0.3, 0.4) is 0 Å². The van der Waals surface area contributed by atoms with Crippen molar-refractivity contribution < 1.29 is 28.5 Å². The molecule has 0 unspecified atom stereocenters. The van der Waals surface area contributed by atoms with Crippen LogP contribution in [0.4, 0.5) is 0 Å². The van der Waals surface area contributed by atoms with Crippen LogP contribution in [0.1, 0.15) is 0 Å². The minimum absolute atomic E-state index is 0. The van der Waals surface area contributed by atoms with Gasteiger partial charge in [-0.25, -0.2) is 9.55 Å². The second-order valence-electron chi connectivity index (χ2n) is 1.54. The molecule has 1 aromatic heterocycles. The number of rotatable bonds is 0. The fraction of sp³-hybridized carbons (Fsp3) is 0.200. The Bertz CT molecular complexity index is 173. The maximum absolute atomic E-state index is 4.01. The van der Waals surface area contributed by atoms with E-state index in [2.05, 4.69) is 27.6 Å². The molecule has 0 aliphatic carbocycles. The summed E-state index contributed by atoms with van der Waals surface area (Å²) in [6.07, 6.45) is 5.64. The molecule has 0 aliphatic rings. The van der Waals surface area contributed by atoms with Crippen molar-refractivity contribution in [1.82, 2.24) is 4.98 Å². The Balaban J connectivity index is 0.000000640. The molecule has 0 fully saturated rings. The van der Waals surface area contributed by atoms with Crippen LogP contribution < -0.4 is 28.5 Å². The Hall–Kier alpha value is 0.540. The van der Waals surface area contributed by atoms with E-state index in [4.69, 9.17) is 0 Å². The molecule has 0 amide bonds. The zero-order valence-electron chi connectivity index (χ0n) is 4.88. The Kier molecular flexibility index (Phi) is 4.63. The number of halogens is 2. The first-order chi connectivity index (χ1) is 3.79. The van der Waals surface area contributed by atoms with Gasteiger partial charge in [0.25, 0.3) is 0 Å². The lowest BCUT2D eigenvalue weighted by atomic mass is 10.7. The quantitative estimate of drug-likeness (QED) is 0.375. The molecule has 0 spiro atoms. The molecule has 0 radical (unpaired) electrons. The lowest BCUT2D eigenvalue weighted by molar-refractivity contribution is -0.672. The van der Waals surface area contributed by atoms with Crippen LogP contribution in [-0.4, -0.2) is 4.98 Å². The lowest BCUT2D eigenvalue weighted by Crippen LogP contribution is -3.00. The molecule has 0 N–H and O–H groups in total. The average molecular weight is 348 g/mol. The highest BCUT2D eigenvalue weighted by Gasteiger charge is 1.90. The van der Waals surface area contributed by atoms with Gasteiger partial charge in [0.2, 0.25) is 6.20 Å². The predicted molar refractivity (Wildman–Crippen MR) is 38.1 cm³/mol. The summed E-state index contributed by atoms with van der Waals surface area (Å²) < 4.78 is 2.99. The van der Waals surface area contributed by atoms with Crippen LogP contribution in [-0.2, 0) is 7.05 Å². The molecular formula is C5H6I2N2. The molecule has 0 bridgehead atoms. The summed E-state index contributed by atoms with van der Waals surface area (Å²) in [5.74, 6) is 0. The molecule has 2 nitrogen and oxygen atoms in total. The number of nitrogens with zero attached hydrogens (tertiary/aromatic N) is 2. The maximum atomic E-state index is 4.01.